The van der Waals surface area contributed by atoms with Gasteiger partial charge in [-0.1, -0.05) is 23.2 Å². The third-order valence-electron chi connectivity index (χ3n) is 2.55. The van der Waals surface area contributed by atoms with Crippen LogP contribution in [0.2, 0.25) is 10.0 Å². The Balaban J connectivity index is 2.31. The highest BCUT2D eigenvalue weighted by atomic mass is 35.5. The van der Waals surface area contributed by atoms with Gasteiger partial charge in [-0.25, -0.2) is 0 Å². The molecule has 0 saturated heterocycles. The summed E-state index contributed by atoms with van der Waals surface area (Å²) in [6.45, 7) is 1.59. The van der Waals surface area contributed by atoms with Gasteiger partial charge < -0.3 is 25.4 Å². The third kappa shape index (κ3) is 6.26. The standard InChI is InChI=1S/C13H19Cl2NO4/c1-13(19,8-17)7-16-5-10(18)6-20-12-3-2-9(14)4-11(12)15/h2-4,10,16-19H,5-8H2,1H3. The van der Waals surface area contributed by atoms with Crippen LogP contribution in [-0.4, -0.2) is 53.3 Å². The Labute approximate surface area is 128 Å². The van der Waals surface area contributed by atoms with E-state index in [1.807, 2.05) is 0 Å². The summed E-state index contributed by atoms with van der Waals surface area (Å²) in [4.78, 5) is 0. The third-order valence-corrected chi connectivity index (χ3v) is 3.08. The van der Waals surface area contributed by atoms with Crippen LogP contribution in [0, 0.1) is 0 Å². The fourth-order valence-electron chi connectivity index (χ4n) is 1.40. The zero-order valence-electron chi connectivity index (χ0n) is 11.1. The van der Waals surface area contributed by atoms with Crippen molar-refractivity contribution in [2.24, 2.45) is 0 Å². The van der Waals surface area contributed by atoms with Crippen LogP contribution in [-0.2, 0) is 0 Å². The normalized spacial score (nSPS) is 15.7. The molecule has 1 rings (SSSR count). The van der Waals surface area contributed by atoms with Gasteiger partial charge in [0.1, 0.15) is 18.5 Å². The molecule has 0 saturated carbocycles. The van der Waals surface area contributed by atoms with Crippen LogP contribution < -0.4 is 10.1 Å². The molecule has 4 N–H and O–H groups in total. The summed E-state index contributed by atoms with van der Waals surface area (Å²) in [6.07, 6.45) is -0.767. The van der Waals surface area contributed by atoms with Crippen molar-refractivity contribution in [1.29, 1.82) is 0 Å². The van der Waals surface area contributed by atoms with Crippen molar-refractivity contribution in [3.63, 3.8) is 0 Å². The topological polar surface area (TPSA) is 82.0 Å². The van der Waals surface area contributed by atoms with E-state index >= 15 is 0 Å². The molecule has 1 aromatic rings. The second kappa shape index (κ2) is 8.02. The van der Waals surface area contributed by atoms with Gasteiger partial charge >= 0.3 is 0 Å². The lowest BCUT2D eigenvalue weighted by atomic mass is 10.1. The molecule has 0 aliphatic heterocycles. The first-order chi connectivity index (χ1) is 9.34. The smallest absolute Gasteiger partial charge is 0.138 e. The van der Waals surface area contributed by atoms with Crippen molar-refractivity contribution in [3.8, 4) is 5.75 Å². The van der Waals surface area contributed by atoms with E-state index in [4.69, 9.17) is 33.0 Å². The average Bonchev–Trinajstić information content (AvgIpc) is 2.37. The van der Waals surface area contributed by atoms with Gasteiger partial charge in [-0.05, 0) is 25.1 Å². The van der Waals surface area contributed by atoms with Crippen LogP contribution in [0.4, 0.5) is 0 Å². The molecule has 0 spiro atoms. The number of aliphatic hydroxyl groups is 3. The number of rotatable bonds is 8. The van der Waals surface area contributed by atoms with E-state index in [0.717, 1.165) is 0 Å². The molecule has 0 aromatic heterocycles. The fourth-order valence-corrected chi connectivity index (χ4v) is 1.86. The summed E-state index contributed by atoms with van der Waals surface area (Å²) in [7, 11) is 0. The van der Waals surface area contributed by atoms with E-state index in [1.54, 1.807) is 18.2 Å². The predicted molar refractivity (Wildman–Crippen MR) is 78.5 cm³/mol. The molecule has 2 unspecified atom stereocenters. The highest BCUT2D eigenvalue weighted by Gasteiger charge is 2.18. The average molecular weight is 324 g/mol. The SMILES string of the molecule is CC(O)(CO)CNCC(O)COc1ccc(Cl)cc1Cl. The summed E-state index contributed by atoms with van der Waals surface area (Å²) >= 11 is 11.7. The van der Waals surface area contributed by atoms with Gasteiger partial charge in [-0.15, -0.1) is 0 Å². The number of nitrogens with one attached hydrogen (secondary N) is 1. The molecule has 0 radical (unpaired) electrons. The molecule has 0 amide bonds. The maximum atomic E-state index is 9.72. The largest absolute Gasteiger partial charge is 0.489 e. The van der Waals surface area contributed by atoms with E-state index in [9.17, 15) is 10.2 Å². The number of halogens is 2. The Morgan fingerprint density at radius 3 is 2.70 bits per heavy atom. The van der Waals surface area contributed by atoms with E-state index in [0.29, 0.717) is 15.8 Å². The van der Waals surface area contributed by atoms with Crippen LogP contribution in [0.15, 0.2) is 18.2 Å². The molecule has 2 atom stereocenters. The minimum absolute atomic E-state index is 0.0512. The Hall–Kier alpha value is -0.560. The molecular formula is C13H19Cl2NO4. The van der Waals surface area contributed by atoms with Crippen LogP contribution >= 0.6 is 23.2 Å². The highest BCUT2D eigenvalue weighted by molar-refractivity contribution is 6.35. The van der Waals surface area contributed by atoms with Crippen molar-refractivity contribution in [1.82, 2.24) is 5.32 Å². The highest BCUT2D eigenvalue weighted by Crippen LogP contribution is 2.27. The first-order valence-corrected chi connectivity index (χ1v) is 6.89. The van der Waals surface area contributed by atoms with Crippen molar-refractivity contribution in [2.75, 3.05) is 26.3 Å². The molecule has 0 bridgehead atoms. The number of ether oxygens (including phenoxy) is 1. The van der Waals surface area contributed by atoms with Gasteiger partial charge in [0.2, 0.25) is 0 Å². The second-order valence-electron chi connectivity index (χ2n) is 4.83. The van der Waals surface area contributed by atoms with Gasteiger partial charge in [-0.3, -0.25) is 0 Å². The first-order valence-electron chi connectivity index (χ1n) is 6.14. The zero-order chi connectivity index (χ0) is 15.2. The van der Waals surface area contributed by atoms with Gasteiger partial charge in [0.25, 0.3) is 0 Å². The van der Waals surface area contributed by atoms with E-state index in [-0.39, 0.29) is 26.3 Å². The minimum atomic E-state index is -1.21. The van der Waals surface area contributed by atoms with Crippen LogP contribution in [0.1, 0.15) is 6.92 Å². The second-order valence-corrected chi connectivity index (χ2v) is 5.67. The van der Waals surface area contributed by atoms with E-state index in [2.05, 4.69) is 5.32 Å². The number of hydrogen-bond acceptors (Lipinski definition) is 5. The lowest BCUT2D eigenvalue weighted by Crippen LogP contribution is -2.44. The van der Waals surface area contributed by atoms with Crippen molar-refractivity contribution < 1.29 is 20.1 Å². The van der Waals surface area contributed by atoms with Gasteiger partial charge in [0.15, 0.2) is 0 Å². The maximum absolute atomic E-state index is 9.72. The number of aliphatic hydroxyl groups excluding tert-OH is 2. The quantitative estimate of drug-likeness (QED) is 0.575. The Morgan fingerprint density at radius 2 is 2.10 bits per heavy atom. The Kier molecular flexibility index (Phi) is 7.02. The predicted octanol–water partition coefficient (Wildman–Crippen LogP) is 1.07. The van der Waals surface area contributed by atoms with Gasteiger partial charge in [0.05, 0.1) is 17.2 Å². The molecule has 1 aromatic carbocycles. The molecule has 0 aliphatic carbocycles. The van der Waals surface area contributed by atoms with Gasteiger partial charge in [-0.2, -0.15) is 0 Å². The number of benzene rings is 1. The maximum Gasteiger partial charge on any atom is 0.138 e. The molecule has 0 heterocycles. The summed E-state index contributed by atoms with van der Waals surface area (Å²) in [5, 5.41) is 31.9. The van der Waals surface area contributed by atoms with Gasteiger partial charge in [0, 0.05) is 18.1 Å². The lowest BCUT2D eigenvalue weighted by molar-refractivity contribution is -0.000323. The number of hydrogen-bond donors (Lipinski definition) is 4. The summed E-state index contributed by atoms with van der Waals surface area (Å²) in [5.41, 5.74) is -1.21. The first kappa shape index (κ1) is 17.5. The summed E-state index contributed by atoms with van der Waals surface area (Å²) in [5.74, 6) is 0.442. The van der Waals surface area contributed by atoms with Crippen molar-refractivity contribution in [2.45, 2.75) is 18.6 Å². The van der Waals surface area contributed by atoms with Crippen molar-refractivity contribution in [3.05, 3.63) is 28.2 Å². The zero-order valence-corrected chi connectivity index (χ0v) is 12.7. The molecule has 7 heteroatoms. The monoisotopic (exact) mass is 323 g/mol. The molecule has 0 fully saturated rings. The van der Waals surface area contributed by atoms with Crippen LogP contribution in [0.5, 0.6) is 5.75 Å². The lowest BCUT2D eigenvalue weighted by Gasteiger charge is -2.22. The van der Waals surface area contributed by atoms with E-state index < -0.39 is 11.7 Å². The van der Waals surface area contributed by atoms with E-state index in [1.165, 1.54) is 6.92 Å². The molecule has 5 nitrogen and oxygen atoms in total. The Morgan fingerprint density at radius 1 is 1.40 bits per heavy atom. The Bertz CT molecular complexity index is 429. The molecule has 114 valence electrons. The van der Waals surface area contributed by atoms with Crippen LogP contribution in [0.25, 0.3) is 0 Å². The summed E-state index contributed by atoms with van der Waals surface area (Å²) < 4.78 is 5.37. The molecule has 0 aliphatic rings. The van der Waals surface area contributed by atoms with Crippen molar-refractivity contribution >= 4 is 23.2 Å². The molecule has 20 heavy (non-hydrogen) atoms. The minimum Gasteiger partial charge on any atom is -0.489 e. The fraction of sp³-hybridized carbons (Fsp3) is 0.538. The molecular weight excluding hydrogens is 305 g/mol. The summed E-state index contributed by atoms with van der Waals surface area (Å²) in [6, 6.07) is 4.83. The van der Waals surface area contributed by atoms with Crippen LogP contribution in [0.3, 0.4) is 0 Å².